The first-order chi connectivity index (χ1) is 12.9. The molecule has 1 amide bonds. The van der Waals surface area contributed by atoms with Crippen molar-refractivity contribution in [2.24, 2.45) is 5.73 Å². The third-order valence-corrected chi connectivity index (χ3v) is 3.03. The minimum Gasteiger partial charge on any atom is -0.444 e. The van der Waals surface area contributed by atoms with E-state index in [1.54, 1.807) is 7.05 Å². The van der Waals surface area contributed by atoms with Crippen molar-refractivity contribution in [3.63, 3.8) is 0 Å². The van der Waals surface area contributed by atoms with Gasteiger partial charge < -0.3 is 39.1 Å². The lowest BCUT2D eigenvalue weighted by Crippen LogP contribution is -2.36. The van der Waals surface area contributed by atoms with Crippen molar-refractivity contribution in [2.75, 3.05) is 86.2 Å². The fourth-order valence-electron chi connectivity index (χ4n) is 1.70. The number of hydrogen-bond acceptors (Lipinski definition) is 8. The van der Waals surface area contributed by atoms with Crippen molar-refractivity contribution in [2.45, 2.75) is 26.4 Å². The molecule has 0 aliphatic carbocycles. The summed E-state index contributed by atoms with van der Waals surface area (Å²) in [7, 11) is 1.68. The van der Waals surface area contributed by atoms with E-state index in [1.165, 1.54) is 4.90 Å². The molecular formula is C18H38N2O7. The van der Waals surface area contributed by atoms with E-state index in [0.717, 1.165) is 0 Å². The van der Waals surface area contributed by atoms with Gasteiger partial charge in [0.15, 0.2) is 0 Å². The summed E-state index contributed by atoms with van der Waals surface area (Å²) in [5, 5.41) is 0. The van der Waals surface area contributed by atoms with Crippen LogP contribution in [0.15, 0.2) is 0 Å². The van der Waals surface area contributed by atoms with E-state index in [4.69, 9.17) is 34.2 Å². The van der Waals surface area contributed by atoms with Crippen LogP contribution in [0.2, 0.25) is 0 Å². The Balaban J connectivity index is 3.26. The molecule has 0 atom stereocenters. The van der Waals surface area contributed by atoms with Gasteiger partial charge in [-0.25, -0.2) is 4.79 Å². The second-order valence-corrected chi connectivity index (χ2v) is 6.75. The van der Waals surface area contributed by atoms with E-state index in [-0.39, 0.29) is 6.09 Å². The minimum absolute atomic E-state index is 0.355. The predicted octanol–water partition coefficient (Wildman–Crippen LogP) is 0.895. The lowest BCUT2D eigenvalue weighted by atomic mass is 10.2. The molecule has 2 N–H and O–H groups in total. The van der Waals surface area contributed by atoms with Crippen molar-refractivity contribution >= 4 is 6.09 Å². The summed E-state index contributed by atoms with van der Waals surface area (Å²) in [6.45, 7) is 11.6. The monoisotopic (exact) mass is 394 g/mol. The number of nitrogens with two attached hydrogens (primary N) is 1. The Hall–Kier alpha value is -0.970. The van der Waals surface area contributed by atoms with Gasteiger partial charge in [-0.2, -0.15) is 0 Å². The average Bonchev–Trinajstić information content (AvgIpc) is 2.59. The molecule has 9 heteroatoms. The number of likely N-dealkylation sites (N-methyl/N-ethyl adjacent to an activating group) is 1. The van der Waals surface area contributed by atoms with Crippen LogP contribution in [-0.4, -0.2) is 103 Å². The number of ether oxygens (including phenoxy) is 6. The summed E-state index contributed by atoms with van der Waals surface area (Å²) in [6, 6.07) is 0. The standard InChI is InChI=1S/C18H38N2O7/c1-18(2,3)27-17(21)20(4)6-8-23-10-12-25-14-16-26-15-13-24-11-9-22-7-5-19/h5-16,19H2,1-4H3. The maximum Gasteiger partial charge on any atom is 0.410 e. The van der Waals surface area contributed by atoms with Crippen LogP contribution < -0.4 is 5.73 Å². The van der Waals surface area contributed by atoms with Crippen molar-refractivity contribution in [3.8, 4) is 0 Å². The van der Waals surface area contributed by atoms with Crippen LogP contribution in [0.3, 0.4) is 0 Å². The minimum atomic E-state index is -0.493. The van der Waals surface area contributed by atoms with Gasteiger partial charge in [0.05, 0.1) is 66.1 Å². The van der Waals surface area contributed by atoms with Crippen LogP contribution in [0.4, 0.5) is 4.79 Å². The van der Waals surface area contributed by atoms with Crippen molar-refractivity contribution in [1.29, 1.82) is 0 Å². The van der Waals surface area contributed by atoms with Gasteiger partial charge in [0.2, 0.25) is 0 Å². The molecule has 0 aromatic heterocycles. The molecule has 0 aromatic carbocycles. The number of carbonyl (C=O) groups is 1. The average molecular weight is 395 g/mol. The summed E-state index contributed by atoms with van der Waals surface area (Å²) >= 11 is 0. The largest absolute Gasteiger partial charge is 0.444 e. The zero-order chi connectivity index (χ0) is 20.4. The zero-order valence-electron chi connectivity index (χ0n) is 17.4. The third kappa shape index (κ3) is 19.6. The summed E-state index contributed by atoms with van der Waals surface area (Å²) in [6.07, 6.45) is -0.355. The van der Waals surface area contributed by atoms with Crippen LogP contribution in [0.5, 0.6) is 0 Å². The molecule has 0 saturated heterocycles. The van der Waals surface area contributed by atoms with E-state index in [2.05, 4.69) is 0 Å². The lowest BCUT2D eigenvalue weighted by Gasteiger charge is -2.24. The molecule has 0 aromatic rings. The number of rotatable bonds is 17. The van der Waals surface area contributed by atoms with Gasteiger partial charge in [-0.15, -0.1) is 0 Å². The molecule has 162 valence electrons. The van der Waals surface area contributed by atoms with Gasteiger partial charge in [0.25, 0.3) is 0 Å². The van der Waals surface area contributed by atoms with Gasteiger partial charge >= 0.3 is 6.09 Å². The quantitative estimate of drug-likeness (QED) is 0.363. The van der Waals surface area contributed by atoms with Crippen LogP contribution in [0.25, 0.3) is 0 Å². The highest BCUT2D eigenvalue weighted by Gasteiger charge is 2.19. The molecule has 0 aliphatic rings. The Morgan fingerprint density at radius 3 is 1.48 bits per heavy atom. The summed E-state index contributed by atoms with van der Waals surface area (Å²) in [5.74, 6) is 0. The molecule has 0 spiro atoms. The first-order valence-corrected chi connectivity index (χ1v) is 9.39. The maximum absolute atomic E-state index is 11.7. The Kier molecular flexibility index (Phi) is 16.5. The summed E-state index contributed by atoms with van der Waals surface area (Å²) in [5.41, 5.74) is 4.81. The van der Waals surface area contributed by atoms with E-state index in [9.17, 15) is 4.79 Å². The van der Waals surface area contributed by atoms with Gasteiger partial charge in [-0.05, 0) is 20.8 Å². The molecule has 0 saturated carbocycles. The Morgan fingerprint density at radius 2 is 1.11 bits per heavy atom. The Bertz CT molecular complexity index is 351. The molecule has 0 bridgehead atoms. The Morgan fingerprint density at radius 1 is 0.741 bits per heavy atom. The summed E-state index contributed by atoms with van der Waals surface area (Å²) in [4.78, 5) is 13.2. The highest BCUT2D eigenvalue weighted by molar-refractivity contribution is 5.67. The third-order valence-electron chi connectivity index (χ3n) is 3.03. The van der Waals surface area contributed by atoms with Crippen LogP contribution in [-0.2, 0) is 28.4 Å². The van der Waals surface area contributed by atoms with Crippen LogP contribution in [0.1, 0.15) is 20.8 Å². The van der Waals surface area contributed by atoms with Crippen molar-refractivity contribution in [1.82, 2.24) is 4.90 Å². The molecular weight excluding hydrogens is 356 g/mol. The second-order valence-electron chi connectivity index (χ2n) is 6.75. The maximum atomic E-state index is 11.7. The number of nitrogens with zero attached hydrogens (tertiary/aromatic N) is 1. The molecule has 0 unspecified atom stereocenters. The lowest BCUT2D eigenvalue weighted by molar-refractivity contribution is -0.0126. The Labute approximate surface area is 163 Å². The number of amides is 1. The molecule has 0 radical (unpaired) electrons. The molecule has 0 aliphatic heterocycles. The number of hydrogen-bond donors (Lipinski definition) is 1. The van der Waals surface area contributed by atoms with Gasteiger partial charge in [0, 0.05) is 20.1 Å². The van der Waals surface area contributed by atoms with E-state index >= 15 is 0 Å². The van der Waals surface area contributed by atoms with E-state index < -0.39 is 5.60 Å². The fraction of sp³-hybridized carbons (Fsp3) is 0.944. The fourth-order valence-corrected chi connectivity index (χ4v) is 1.70. The predicted molar refractivity (Wildman–Crippen MR) is 102 cm³/mol. The second kappa shape index (κ2) is 17.2. The van der Waals surface area contributed by atoms with Gasteiger partial charge in [-0.3, -0.25) is 0 Å². The molecule has 0 heterocycles. The highest BCUT2D eigenvalue weighted by atomic mass is 16.6. The SMILES string of the molecule is CN(CCOCCOCCOCCOCCOCCN)C(=O)OC(C)(C)C. The number of carbonyl (C=O) groups excluding carboxylic acids is 1. The normalized spacial score (nSPS) is 11.6. The van der Waals surface area contributed by atoms with Crippen molar-refractivity contribution < 1.29 is 33.2 Å². The van der Waals surface area contributed by atoms with Crippen LogP contribution >= 0.6 is 0 Å². The van der Waals surface area contributed by atoms with E-state index in [0.29, 0.717) is 79.2 Å². The topological polar surface area (TPSA) is 102 Å². The summed E-state index contributed by atoms with van der Waals surface area (Å²) < 4.78 is 32.0. The van der Waals surface area contributed by atoms with E-state index in [1.807, 2.05) is 20.8 Å². The first kappa shape index (κ1) is 26.0. The molecule has 9 nitrogen and oxygen atoms in total. The smallest absolute Gasteiger partial charge is 0.410 e. The highest BCUT2D eigenvalue weighted by Crippen LogP contribution is 2.08. The van der Waals surface area contributed by atoms with Gasteiger partial charge in [-0.1, -0.05) is 0 Å². The van der Waals surface area contributed by atoms with Crippen molar-refractivity contribution in [3.05, 3.63) is 0 Å². The molecule has 0 fully saturated rings. The van der Waals surface area contributed by atoms with Gasteiger partial charge in [0.1, 0.15) is 5.60 Å². The molecule has 0 rings (SSSR count). The zero-order valence-corrected chi connectivity index (χ0v) is 17.4. The molecule has 27 heavy (non-hydrogen) atoms. The first-order valence-electron chi connectivity index (χ1n) is 9.39. The van der Waals surface area contributed by atoms with Crippen LogP contribution in [0, 0.1) is 0 Å².